The van der Waals surface area contributed by atoms with Gasteiger partial charge < -0.3 is 10.1 Å². The van der Waals surface area contributed by atoms with Crippen LogP contribution in [0.3, 0.4) is 0 Å². The van der Waals surface area contributed by atoms with Gasteiger partial charge in [0.2, 0.25) is 0 Å². The monoisotopic (exact) mass is 346 g/mol. The summed E-state index contributed by atoms with van der Waals surface area (Å²) in [6, 6.07) is 22.2. The highest BCUT2D eigenvalue weighted by molar-refractivity contribution is 6.04. The van der Waals surface area contributed by atoms with E-state index >= 15 is 0 Å². The van der Waals surface area contributed by atoms with Crippen molar-refractivity contribution >= 4 is 11.6 Å². The predicted octanol–water partition coefficient (Wildman–Crippen LogP) is 4.53. The molecular formula is C21H15FN2O2. The smallest absolute Gasteiger partial charge is 0.258 e. The molecule has 0 saturated carbocycles. The van der Waals surface area contributed by atoms with Crippen LogP contribution in [0.1, 0.15) is 21.5 Å². The van der Waals surface area contributed by atoms with Crippen LogP contribution in [0.4, 0.5) is 10.1 Å². The Balaban J connectivity index is 1.62. The summed E-state index contributed by atoms with van der Waals surface area (Å²) in [6.07, 6.45) is 0. The SMILES string of the molecule is N#Cc1ccc(C(=O)Nc2ccc(OCc3ccccc3)cc2)c(F)c1. The zero-order valence-corrected chi connectivity index (χ0v) is 13.8. The number of hydrogen-bond donors (Lipinski definition) is 1. The summed E-state index contributed by atoms with van der Waals surface area (Å²) < 4.78 is 19.6. The molecule has 3 aromatic carbocycles. The van der Waals surface area contributed by atoms with Gasteiger partial charge in [0.15, 0.2) is 0 Å². The molecule has 26 heavy (non-hydrogen) atoms. The van der Waals surface area contributed by atoms with Crippen molar-refractivity contribution in [3.8, 4) is 11.8 Å². The van der Waals surface area contributed by atoms with Crippen molar-refractivity contribution in [3.63, 3.8) is 0 Å². The molecule has 0 bridgehead atoms. The van der Waals surface area contributed by atoms with Gasteiger partial charge in [0.05, 0.1) is 17.2 Å². The molecule has 0 aromatic heterocycles. The number of nitrogens with zero attached hydrogens (tertiary/aromatic N) is 1. The molecule has 0 aliphatic carbocycles. The molecule has 0 aliphatic rings. The lowest BCUT2D eigenvalue weighted by Gasteiger charge is -2.09. The van der Waals surface area contributed by atoms with Crippen molar-refractivity contribution < 1.29 is 13.9 Å². The number of carbonyl (C=O) groups excluding carboxylic acids is 1. The molecule has 0 radical (unpaired) electrons. The van der Waals surface area contributed by atoms with Crippen molar-refractivity contribution in [1.29, 1.82) is 5.26 Å². The summed E-state index contributed by atoms with van der Waals surface area (Å²) in [4.78, 5) is 12.2. The lowest BCUT2D eigenvalue weighted by atomic mass is 10.1. The number of nitrogens with one attached hydrogen (secondary N) is 1. The van der Waals surface area contributed by atoms with E-state index < -0.39 is 11.7 Å². The van der Waals surface area contributed by atoms with Crippen LogP contribution >= 0.6 is 0 Å². The van der Waals surface area contributed by atoms with Crippen molar-refractivity contribution in [2.45, 2.75) is 6.61 Å². The number of amides is 1. The first kappa shape index (κ1) is 17.2. The van der Waals surface area contributed by atoms with Gasteiger partial charge in [0.1, 0.15) is 18.2 Å². The fourth-order valence-corrected chi connectivity index (χ4v) is 2.34. The minimum Gasteiger partial charge on any atom is -0.489 e. The summed E-state index contributed by atoms with van der Waals surface area (Å²) in [7, 11) is 0. The second-order valence-electron chi connectivity index (χ2n) is 5.56. The van der Waals surface area contributed by atoms with Crippen molar-refractivity contribution in [1.82, 2.24) is 0 Å². The molecule has 0 aliphatic heterocycles. The average Bonchev–Trinajstić information content (AvgIpc) is 2.68. The van der Waals surface area contributed by atoms with E-state index in [1.54, 1.807) is 24.3 Å². The van der Waals surface area contributed by atoms with Crippen LogP contribution in [0, 0.1) is 17.1 Å². The van der Waals surface area contributed by atoms with Gasteiger partial charge in [-0.2, -0.15) is 5.26 Å². The topological polar surface area (TPSA) is 62.1 Å². The van der Waals surface area contributed by atoms with Gasteiger partial charge in [-0.1, -0.05) is 30.3 Å². The van der Waals surface area contributed by atoms with E-state index in [-0.39, 0.29) is 11.1 Å². The van der Waals surface area contributed by atoms with Crippen LogP contribution in [0.5, 0.6) is 5.75 Å². The Morgan fingerprint density at radius 3 is 2.42 bits per heavy atom. The van der Waals surface area contributed by atoms with Crippen molar-refractivity contribution in [2.24, 2.45) is 0 Å². The van der Waals surface area contributed by atoms with Crippen LogP contribution in [-0.2, 0) is 6.61 Å². The van der Waals surface area contributed by atoms with Crippen LogP contribution in [0.15, 0.2) is 72.8 Å². The third kappa shape index (κ3) is 4.25. The Kier molecular flexibility index (Phi) is 5.25. The number of hydrogen-bond acceptors (Lipinski definition) is 3. The molecule has 3 aromatic rings. The molecule has 4 nitrogen and oxygen atoms in total. The molecule has 0 heterocycles. The molecule has 3 rings (SSSR count). The van der Waals surface area contributed by atoms with E-state index in [0.717, 1.165) is 11.6 Å². The van der Waals surface area contributed by atoms with Gasteiger partial charge in [0, 0.05) is 5.69 Å². The molecule has 1 N–H and O–H groups in total. The molecule has 1 amide bonds. The number of benzene rings is 3. The van der Waals surface area contributed by atoms with E-state index in [1.807, 2.05) is 36.4 Å². The Morgan fingerprint density at radius 1 is 1.04 bits per heavy atom. The molecular weight excluding hydrogens is 331 g/mol. The first-order valence-electron chi connectivity index (χ1n) is 7.93. The zero-order valence-electron chi connectivity index (χ0n) is 13.8. The van der Waals surface area contributed by atoms with Crippen LogP contribution in [-0.4, -0.2) is 5.91 Å². The Labute approximate surface area is 150 Å². The minimum absolute atomic E-state index is 0.117. The normalized spacial score (nSPS) is 10.0. The largest absolute Gasteiger partial charge is 0.489 e. The summed E-state index contributed by atoms with van der Waals surface area (Å²) in [5.74, 6) is -0.647. The van der Waals surface area contributed by atoms with Gasteiger partial charge in [-0.3, -0.25) is 4.79 Å². The second kappa shape index (κ2) is 7.95. The number of halogens is 1. The third-order valence-corrected chi connectivity index (χ3v) is 3.70. The van der Waals surface area contributed by atoms with E-state index in [4.69, 9.17) is 10.00 Å². The maximum atomic E-state index is 13.9. The zero-order chi connectivity index (χ0) is 18.4. The molecule has 5 heteroatoms. The standard InChI is InChI=1S/C21H15FN2O2/c22-20-12-16(13-23)6-11-19(20)21(25)24-17-7-9-18(10-8-17)26-14-15-4-2-1-3-5-15/h1-12H,14H2,(H,24,25). The first-order chi connectivity index (χ1) is 12.7. The van der Waals surface area contributed by atoms with Gasteiger partial charge >= 0.3 is 0 Å². The maximum Gasteiger partial charge on any atom is 0.258 e. The summed E-state index contributed by atoms with van der Waals surface area (Å²) in [5, 5.41) is 11.4. The second-order valence-corrected chi connectivity index (χ2v) is 5.56. The number of nitriles is 1. The Hall–Kier alpha value is -3.65. The Bertz CT molecular complexity index is 948. The molecule has 0 spiro atoms. The predicted molar refractivity (Wildman–Crippen MR) is 96.3 cm³/mol. The van der Waals surface area contributed by atoms with E-state index in [2.05, 4.69) is 5.32 Å². The molecule has 0 fully saturated rings. The molecule has 128 valence electrons. The molecule has 0 saturated heterocycles. The van der Waals surface area contributed by atoms with Crippen LogP contribution in [0.25, 0.3) is 0 Å². The lowest BCUT2D eigenvalue weighted by molar-refractivity contribution is 0.102. The number of carbonyl (C=O) groups is 1. The van der Waals surface area contributed by atoms with Crippen molar-refractivity contribution in [2.75, 3.05) is 5.32 Å². The fourth-order valence-electron chi connectivity index (χ4n) is 2.34. The van der Waals surface area contributed by atoms with Crippen LogP contribution in [0.2, 0.25) is 0 Å². The molecule has 0 unspecified atom stereocenters. The minimum atomic E-state index is -0.732. The first-order valence-corrected chi connectivity index (χ1v) is 7.93. The van der Waals surface area contributed by atoms with E-state index in [0.29, 0.717) is 18.0 Å². The maximum absolute atomic E-state index is 13.9. The highest BCUT2D eigenvalue weighted by atomic mass is 19.1. The van der Waals surface area contributed by atoms with E-state index in [1.165, 1.54) is 12.1 Å². The lowest BCUT2D eigenvalue weighted by Crippen LogP contribution is -2.13. The van der Waals surface area contributed by atoms with Gasteiger partial charge in [-0.25, -0.2) is 4.39 Å². The van der Waals surface area contributed by atoms with Gasteiger partial charge in [0.25, 0.3) is 5.91 Å². The average molecular weight is 346 g/mol. The number of ether oxygens (including phenoxy) is 1. The Morgan fingerprint density at radius 2 is 1.77 bits per heavy atom. The highest BCUT2D eigenvalue weighted by Crippen LogP contribution is 2.18. The van der Waals surface area contributed by atoms with E-state index in [9.17, 15) is 9.18 Å². The quantitative estimate of drug-likeness (QED) is 0.738. The number of rotatable bonds is 5. The third-order valence-electron chi connectivity index (χ3n) is 3.70. The van der Waals surface area contributed by atoms with Crippen LogP contribution < -0.4 is 10.1 Å². The highest BCUT2D eigenvalue weighted by Gasteiger charge is 2.12. The fraction of sp³-hybridized carbons (Fsp3) is 0.0476. The van der Waals surface area contributed by atoms with Crippen molar-refractivity contribution in [3.05, 3.63) is 95.3 Å². The van der Waals surface area contributed by atoms with Gasteiger partial charge in [-0.15, -0.1) is 0 Å². The van der Waals surface area contributed by atoms with Gasteiger partial charge in [-0.05, 0) is 48.0 Å². The summed E-state index contributed by atoms with van der Waals surface area (Å²) in [5.41, 5.74) is 1.62. The number of anilines is 1. The summed E-state index contributed by atoms with van der Waals surface area (Å²) >= 11 is 0. The summed E-state index contributed by atoms with van der Waals surface area (Å²) in [6.45, 7) is 0.447. The molecule has 0 atom stereocenters.